The molecule has 0 aliphatic rings. The van der Waals surface area contributed by atoms with Crippen molar-refractivity contribution in [2.45, 2.75) is 97.4 Å². The Bertz CT molecular complexity index is 1110. The molecule has 0 bridgehead atoms. The van der Waals surface area contributed by atoms with Gasteiger partial charge in [-0.15, -0.1) is 0 Å². The maximum absolute atomic E-state index is 12.9. The molecular weight excluding hydrogens is 512 g/mol. The molecule has 0 atom stereocenters. The van der Waals surface area contributed by atoms with E-state index in [0.717, 1.165) is 18.5 Å². The highest BCUT2D eigenvalue weighted by Crippen LogP contribution is 2.28. The number of hydrogen-bond donors (Lipinski definition) is 1. The van der Waals surface area contributed by atoms with Crippen molar-refractivity contribution in [3.63, 3.8) is 0 Å². The minimum atomic E-state index is -0.145. The average Bonchev–Trinajstić information content (AvgIpc) is 3.32. The predicted octanol–water partition coefficient (Wildman–Crippen LogP) is 9.38. The number of unbranched alkanes of at least 4 members (excludes halogenated alkanes) is 11. The molecule has 0 radical (unpaired) electrons. The molecule has 3 rings (SSSR count). The second kappa shape index (κ2) is 17.3. The normalized spacial score (nSPS) is 11.0. The van der Waals surface area contributed by atoms with Crippen LogP contribution in [0.4, 0.5) is 5.69 Å². The Morgan fingerprint density at radius 2 is 1.61 bits per heavy atom. The third-order valence-corrected chi connectivity index (χ3v) is 8.03. The number of aromatic nitrogens is 1. The van der Waals surface area contributed by atoms with Crippen molar-refractivity contribution in [1.29, 1.82) is 0 Å². The van der Waals surface area contributed by atoms with Crippen molar-refractivity contribution >= 4 is 34.5 Å². The first-order chi connectivity index (χ1) is 18.6. The second-order valence-electron chi connectivity index (χ2n) is 10.2. The van der Waals surface area contributed by atoms with Crippen LogP contribution in [0.2, 0.25) is 5.02 Å². The lowest BCUT2D eigenvalue weighted by Gasteiger charge is -2.11. The van der Waals surface area contributed by atoms with Crippen LogP contribution in [0, 0.1) is 6.92 Å². The zero-order valence-electron chi connectivity index (χ0n) is 23.1. The number of ether oxygens (including phenoxy) is 1. The van der Waals surface area contributed by atoms with E-state index in [1.54, 1.807) is 17.4 Å². The van der Waals surface area contributed by atoms with Crippen LogP contribution in [0.1, 0.15) is 106 Å². The van der Waals surface area contributed by atoms with Gasteiger partial charge in [-0.2, -0.15) is 4.57 Å². The maximum Gasteiger partial charge on any atom is 0.255 e. The molecular formula is C32H44ClN2O2S+. The third-order valence-electron chi connectivity index (χ3n) is 6.87. The number of aryl methyl sites for hydroxylation is 1. The maximum atomic E-state index is 12.9. The molecule has 38 heavy (non-hydrogen) atoms. The van der Waals surface area contributed by atoms with Gasteiger partial charge in [-0.1, -0.05) is 113 Å². The highest BCUT2D eigenvalue weighted by Gasteiger charge is 2.12. The summed E-state index contributed by atoms with van der Waals surface area (Å²) < 4.78 is 8.14. The van der Waals surface area contributed by atoms with Crippen LogP contribution < -0.4 is 14.6 Å². The largest absolute Gasteiger partial charge is 0.492 e. The van der Waals surface area contributed by atoms with Crippen molar-refractivity contribution < 1.29 is 14.1 Å². The molecule has 1 amide bonds. The third kappa shape index (κ3) is 10.8. The molecule has 0 aliphatic heterocycles. The van der Waals surface area contributed by atoms with Crippen molar-refractivity contribution in [3.8, 4) is 5.75 Å². The fourth-order valence-corrected chi connectivity index (χ4v) is 5.50. The van der Waals surface area contributed by atoms with E-state index in [0.29, 0.717) is 28.6 Å². The van der Waals surface area contributed by atoms with Gasteiger partial charge in [0.15, 0.2) is 12.2 Å². The molecule has 0 saturated carbocycles. The van der Waals surface area contributed by atoms with Gasteiger partial charge in [-0.05, 0) is 30.7 Å². The topological polar surface area (TPSA) is 42.2 Å². The molecule has 1 heterocycles. The van der Waals surface area contributed by atoms with Crippen LogP contribution in [0.25, 0.3) is 0 Å². The van der Waals surface area contributed by atoms with Gasteiger partial charge in [0, 0.05) is 29.8 Å². The monoisotopic (exact) mass is 555 g/mol. The van der Waals surface area contributed by atoms with E-state index in [9.17, 15) is 4.79 Å². The van der Waals surface area contributed by atoms with Gasteiger partial charge in [-0.3, -0.25) is 4.79 Å². The van der Waals surface area contributed by atoms with Gasteiger partial charge in [0.1, 0.15) is 5.75 Å². The van der Waals surface area contributed by atoms with Crippen molar-refractivity contribution in [1.82, 2.24) is 0 Å². The highest BCUT2D eigenvalue weighted by atomic mass is 35.5. The van der Waals surface area contributed by atoms with Crippen LogP contribution in [-0.2, 0) is 6.54 Å². The van der Waals surface area contributed by atoms with E-state index in [4.69, 9.17) is 16.3 Å². The summed E-state index contributed by atoms with van der Waals surface area (Å²) in [6.07, 6.45) is 15.8. The van der Waals surface area contributed by atoms with Crippen molar-refractivity contribution in [2.75, 3.05) is 11.9 Å². The number of carbonyl (C=O) groups is 1. The molecule has 0 aliphatic carbocycles. The fraction of sp³-hybridized carbons (Fsp3) is 0.500. The molecule has 0 fully saturated rings. The zero-order valence-corrected chi connectivity index (χ0v) is 24.7. The number of amides is 1. The molecule has 1 N–H and O–H groups in total. The number of halogens is 1. The van der Waals surface area contributed by atoms with Crippen LogP contribution in [0.5, 0.6) is 5.75 Å². The average molecular weight is 556 g/mol. The summed E-state index contributed by atoms with van der Waals surface area (Å²) in [5, 5.41) is 5.67. The van der Waals surface area contributed by atoms with E-state index in [1.165, 1.54) is 76.3 Å². The smallest absolute Gasteiger partial charge is 0.255 e. The van der Waals surface area contributed by atoms with Crippen LogP contribution in [0.3, 0.4) is 0 Å². The zero-order chi connectivity index (χ0) is 27.0. The minimum Gasteiger partial charge on any atom is -0.492 e. The number of benzene rings is 2. The molecule has 1 aromatic heterocycles. The standard InChI is InChI=1S/C32H43ClN2O2S/c1-3-4-5-6-7-8-9-10-11-12-13-14-20-37-31-22-29(18-19-30(31)33)34-32(36)28-17-15-16-27(21-28)23-35-25-38-24-26(35)2/h15-19,21-22,24-25H,3-14,20,23H2,1-2H3/p+1. The quantitative estimate of drug-likeness (QED) is 0.125. The lowest BCUT2D eigenvalue weighted by molar-refractivity contribution is -0.689. The van der Waals surface area contributed by atoms with Gasteiger partial charge < -0.3 is 10.1 Å². The lowest BCUT2D eigenvalue weighted by Crippen LogP contribution is -2.34. The number of thiazole rings is 1. The van der Waals surface area contributed by atoms with Crippen LogP contribution in [0.15, 0.2) is 53.4 Å². The first-order valence-corrected chi connectivity index (χ1v) is 15.6. The van der Waals surface area contributed by atoms with Gasteiger partial charge in [0.2, 0.25) is 5.51 Å². The lowest BCUT2D eigenvalue weighted by atomic mass is 10.1. The number of nitrogens with zero attached hydrogens (tertiary/aromatic N) is 1. The summed E-state index contributed by atoms with van der Waals surface area (Å²) in [5.74, 6) is 0.471. The Morgan fingerprint density at radius 1 is 0.921 bits per heavy atom. The fourth-order valence-electron chi connectivity index (χ4n) is 4.54. The molecule has 206 valence electrons. The number of hydrogen-bond acceptors (Lipinski definition) is 3. The van der Waals surface area contributed by atoms with Gasteiger partial charge >= 0.3 is 0 Å². The Kier molecular flexibility index (Phi) is 13.7. The Hall–Kier alpha value is -2.37. The number of rotatable bonds is 18. The molecule has 4 nitrogen and oxygen atoms in total. The number of carbonyl (C=O) groups excluding carboxylic acids is 1. The number of nitrogens with one attached hydrogen (secondary N) is 1. The van der Waals surface area contributed by atoms with Crippen LogP contribution in [-0.4, -0.2) is 12.5 Å². The molecule has 6 heteroatoms. The summed E-state index contributed by atoms with van der Waals surface area (Å²) in [6.45, 7) is 5.74. The summed E-state index contributed by atoms with van der Waals surface area (Å²) in [5.41, 5.74) is 5.70. The summed E-state index contributed by atoms with van der Waals surface area (Å²) in [6, 6.07) is 13.2. The van der Waals surface area contributed by atoms with E-state index < -0.39 is 0 Å². The van der Waals surface area contributed by atoms with Gasteiger partial charge in [-0.25, -0.2) is 0 Å². The second-order valence-corrected chi connectivity index (χ2v) is 11.3. The highest BCUT2D eigenvalue weighted by molar-refractivity contribution is 7.07. The van der Waals surface area contributed by atoms with E-state index in [1.807, 2.05) is 36.4 Å². The first-order valence-electron chi connectivity index (χ1n) is 14.3. The first kappa shape index (κ1) is 30.2. The Labute approximate surface area is 238 Å². The Morgan fingerprint density at radius 3 is 2.26 bits per heavy atom. The number of anilines is 1. The van der Waals surface area contributed by atoms with Gasteiger partial charge in [0.25, 0.3) is 5.91 Å². The van der Waals surface area contributed by atoms with E-state index in [2.05, 4.69) is 34.6 Å². The summed E-state index contributed by atoms with van der Waals surface area (Å²) in [7, 11) is 0. The van der Waals surface area contributed by atoms with Crippen molar-refractivity contribution in [2.24, 2.45) is 0 Å². The van der Waals surface area contributed by atoms with E-state index >= 15 is 0 Å². The summed E-state index contributed by atoms with van der Waals surface area (Å²) >= 11 is 8.04. The molecule has 0 saturated heterocycles. The molecule has 2 aromatic carbocycles. The SMILES string of the molecule is CCCCCCCCCCCCCCOc1cc(NC(=O)c2cccc(C[n+]3cscc3C)c2)ccc1Cl. The predicted molar refractivity (Wildman–Crippen MR) is 161 cm³/mol. The van der Waals surface area contributed by atoms with Crippen LogP contribution >= 0.6 is 22.9 Å². The molecule has 3 aromatic rings. The molecule has 0 unspecified atom stereocenters. The van der Waals surface area contributed by atoms with Crippen molar-refractivity contribution in [3.05, 3.63) is 75.2 Å². The minimum absolute atomic E-state index is 0.145. The Balaban J connectivity index is 1.36. The van der Waals surface area contributed by atoms with Gasteiger partial charge in [0.05, 0.1) is 17.0 Å². The molecule has 0 spiro atoms. The van der Waals surface area contributed by atoms with E-state index in [-0.39, 0.29) is 5.91 Å². The summed E-state index contributed by atoms with van der Waals surface area (Å²) in [4.78, 5) is 12.9.